The molecule has 1 saturated carbocycles. The van der Waals surface area contributed by atoms with Crippen LogP contribution < -0.4 is 0 Å². The average molecular weight is 427 g/mol. The van der Waals surface area contributed by atoms with Gasteiger partial charge in [-0.1, -0.05) is 114 Å². The molecule has 0 aromatic heterocycles. The Kier molecular flexibility index (Phi) is 9.55. The van der Waals surface area contributed by atoms with Gasteiger partial charge in [0.2, 0.25) is 0 Å². The van der Waals surface area contributed by atoms with Crippen LogP contribution in [0, 0.1) is 23.5 Å². The maximum Gasteiger partial charge on any atom is 0.166 e. The highest BCUT2D eigenvalue weighted by Gasteiger charge is 2.22. The Morgan fingerprint density at radius 3 is 2.00 bits per heavy atom. The van der Waals surface area contributed by atoms with Crippen LogP contribution in [0.25, 0.3) is 11.1 Å². The zero-order chi connectivity index (χ0) is 22.1. The smallest absolute Gasteiger partial charge is 0.166 e. The Balaban J connectivity index is 1.47. The van der Waals surface area contributed by atoms with Crippen LogP contribution in [0.1, 0.15) is 95.6 Å². The number of aryl methyl sites for hydroxylation is 2. The SMILES string of the molecule is CCCCCCCC1CCC(CCc2ccc(-c3ccc(CC)cc3)c(F)c2F)CC1. The van der Waals surface area contributed by atoms with E-state index in [1.165, 1.54) is 69.8 Å². The first-order chi connectivity index (χ1) is 15.1. The van der Waals surface area contributed by atoms with Crippen molar-refractivity contribution in [2.75, 3.05) is 0 Å². The average Bonchev–Trinajstić information content (AvgIpc) is 2.81. The molecule has 0 unspecified atom stereocenters. The topological polar surface area (TPSA) is 0 Å². The molecule has 0 bridgehead atoms. The Morgan fingerprint density at radius 2 is 1.35 bits per heavy atom. The number of hydrogen-bond donors (Lipinski definition) is 0. The molecule has 0 heterocycles. The lowest BCUT2D eigenvalue weighted by atomic mass is 9.77. The number of hydrogen-bond acceptors (Lipinski definition) is 0. The Labute approximate surface area is 188 Å². The van der Waals surface area contributed by atoms with Crippen molar-refractivity contribution in [1.29, 1.82) is 0 Å². The van der Waals surface area contributed by atoms with Gasteiger partial charge in [-0.3, -0.25) is 0 Å². The normalized spacial score (nSPS) is 19.0. The fourth-order valence-electron chi connectivity index (χ4n) is 5.13. The van der Waals surface area contributed by atoms with Crippen LogP contribution in [-0.4, -0.2) is 0 Å². The van der Waals surface area contributed by atoms with Crippen molar-refractivity contribution in [3.8, 4) is 11.1 Å². The standard InChI is InChI=1S/C29H40F2/c1-3-5-6-7-8-9-23-10-12-24(13-11-23)16-19-26-20-21-27(29(31)28(26)30)25-17-14-22(4-2)15-18-25/h14-15,17-18,20-21,23-24H,3-13,16,19H2,1-2H3. The molecule has 0 atom stereocenters. The van der Waals surface area contributed by atoms with Gasteiger partial charge in [0, 0.05) is 5.56 Å². The zero-order valence-electron chi connectivity index (χ0n) is 19.6. The van der Waals surface area contributed by atoms with E-state index in [0.29, 0.717) is 23.5 Å². The summed E-state index contributed by atoms with van der Waals surface area (Å²) in [5, 5.41) is 0. The highest BCUT2D eigenvalue weighted by molar-refractivity contribution is 5.65. The summed E-state index contributed by atoms with van der Waals surface area (Å²) in [6.45, 7) is 4.35. The number of unbranched alkanes of at least 4 members (excludes halogenated alkanes) is 4. The van der Waals surface area contributed by atoms with Crippen molar-refractivity contribution in [1.82, 2.24) is 0 Å². The molecule has 0 aliphatic heterocycles. The van der Waals surface area contributed by atoms with Crippen molar-refractivity contribution in [2.45, 2.75) is 97.3 Å². The second kappa shape index (κ2) is 12.4. The Morgan fingerprint density at radius 1 is 0.710 bits per heavy atom. The fourth-order valence-corrected chi connectivity index (χ4v) is 5.13. The van der Waals surface area contributed by atoms with E-state index in [-0.39, 0.29) is 0 Å². The molecule has 0 amide bonds. The molecule has 2 heteroatoms. The summed E-state index contributed by atoms with van der Waals surface area (Å²) in [7, 11) is 0. The maximum atomic E-state index is 14.8. The molecule has 1 aliphatic carbocycles. The predicted molar refractivity (Wildman–Crippen MR) is 128 cm³/mol. The lowest BCUT2D eigenvalue weighted by Gasteiger charge is -2.28. The van der Waals surface area contributed by atoms with E-state index < -0.39 is 11.6 Å². The summed E-state index contributed by atoms with van der Waals surface area (Å²) >= 11 is 0. The lowest BCUT2D eigenvalue weighted by molar-refractivity contribution is 0.248. The molecule has 170 valence electrons. The van der Waals surface area contributed by atoms with Crippen LogP contribution in [-0.2, 0) is 12.8 Å². The lowest BCUT2D eigenvalue weighted by Crippen LogP contribution is -2.15. The van der Waals surface area contributed by atoms with E-state index in [1.807, 2.05) is 24.3 Å². The minimum Gasteiger partial charge on any atom is -0.203 e. The molecule has 31 heavy (non-hydrogen) atoms. The monoisotopic (exact) mass is 426 g/mol. The van der Waals surface area contributed by atoms with E-state index in [1.54, 1.807) is 12.1 Å². The minimum atomic E-state index is -0.700. The van der Waals surface area contributed by atoms with E-state index in [9.17, 15) is 8.78 Å². The van der Waals surface area contributed by atoms with E-state index in [4.69, 9.17) is 0 Å². The van der Waals surface area contributed by atoms with Gasteiger partial charge in [0.25, 0.3) is 0 Å². The molecular formula is C29H40F2. The zero-order valence-corrected chi connectivity index (χ0v) is 19.6. The van der Waals surface area contributed by atoms with Crippen molar-refractivity contribution < 1.29 is 8.78 Å². The van der Waals surface area contributed by atoms with Crippen molar-refractivity contribution >= 4 is 0 Å². The molecule has 0 nitrogen and oxygen atoms in total. The van der Waals surface area contributed by atoms with Gasteiger partial charge < -0.3 is 0 Å². The van der Waals surface area contributed by atoms with Crippen LogP contribution in [0.3, 0.4) is 0 Å². The molecule has 2 aromatic rings. The second-order valence-electron chi connectivity index (χ2n) is 9.58. The molecule has 0 N–H and O–H groups in total. The number of halogens is 2. The molecule has 1 aliphatic rings. The molecule has 1 fully saturated rings. The summed E-state index contributed by atoms with van der Waals surface area (Å²) in [6, 6.07) is 11.3. The first-order valence-electron chi connectivity index (χ1n) is 12.7. The van der Waals surface area contributed by atoms with Gasteiger partial charge in [-0.15, -0.1) is 0 Å². The third-order valence-corrected chi connectivity index (χ3v) is 7.34. The summed E-state index contributed by atoms with van der Waals surface area (Å²) in [5.74, 6) is 0.205. The first-order valence-corrected chi connectivity index (χ1v) is 12.7. The van der Waals surface area contributed by atoms with Crippen LogP contribution in [0.4, 0.5) is 8.78 Å². The van der Waals surface area contributed by atoms with Crippen LogP contribution in [0.5, 0.6) is 0 Å². The Hall–Kier alpha value is -1.70. The van der Waals surface area contributed by atoms with Gasteiger partial charge in [-0.25, -0.2) is 8.78 Å². The van der Waals surface area contributed by atoms with Gasteiger partial charge in [-0.2, -0.15) is 0 Å². The summed E-state index contributed by atoms with van der Waals surface area (Å²) in [5.41, 5.74) is 2.84. The predicted octanol–water partition coefficient (Wildman–Crippen LogP) is 9.29. The van der Waals surface area contributed by atoms with E-state index in [0.717, 1.165) is 24.3 Å². The summed E-state index contributed by atoms with van der Waals surface area (Å²) in [6.07, 6.45) is 15.9. The number of benzene rings is 2. The molecule has 0 saturated heterocycles. The maximum absolute atomic E-state index is 14.8. The van der Waals surface area contributed by atoms with Gasteiger partial charge in [-0.05, 0) is 47.8 Å². The van der Waals surface area contributed by atoms with Crippen LogP contribution in [0.2, 0.25) is 0 Å². The van der Waals surface area contributed by atoms with E-state index >= 15 is 0 Å². The van der Waals surface area contributed by atoms with Crippen LogP contribution in [0.15, 0.2) is 36.4 Å². The van der Waals surface area contributed by atoms with E-state index in [2.05, 4.69) is 13.8 Å². The van der Waals surface area contributed by atoms with Gasteiger partial charge in [0.15, 0.2) is 11.6 Å². The molecule has 2 aromatic carbocycles. The van der Waals surface area contributed by atoms with Gasteiger partial charge in [0.05, 0.1) is 0 Å². The van der Waals surface area contributed by atoms with Crippen LogP contribution >= 0.6 is 0 Å². The molecule has 0 radical (unpaired) electrons. The first kappa shape index (κ1) is 24.0. The summed E-state index contributed by atoms with van der Waals surface area (Å²) < 4.78 is 29.5. The Bertz CT molecular complexity index is 785. The molecular weight excluding hydrogens is 386 g/mol. The molecule has 0 spiro atoms. The number of rotatable bonds is 11. The summed E-state index contributed by atoms with van der Waals surface area (Å²) in [4.78, 5) is 0. The third kappa shape index (κ3) is 6.89. The van der Waals surface area contributed by atoms with Crippen molar-refractivity contribution in [3.63, 3.8) is 0 Å². The van der Waals surface area contributed by atoms with Crippen molar-refractivity contribution in [3.05, 3.63) is 59.2 Å². The quantitative estimate of drug-likeness (QED) is 0.314. The third-order valence-electron chi connectivity index (χ3n) is 7.34. The minimum absolute atomic E-state index is 0.364. The highest BCUT2D eigenvalue weighted by Crippen LogP contribution is 2.35. The highest BCUT2D eigenvalue weighted by atomic mass is 19.2. The van der Waals surface area contributed by atoms with Crippen molar-refractivity contribution in [2.24, 2.45) is 11.8 Å². The van der Waals surface area contributed by atoms with Gasteiger partial charge in [0.1, 0.15) is 0 Å². The second-order valence-corrected chi connectivity index (χ2v) is 9.58. The largest absolute Gasteiger partial charge is 0.203 e. The fraction of sp³-hybridized carbons (Fsp3) is 0.586. The molecule has 3 rings (SSSR count). The van der Waals surface area contributed by atoms with Gasteiger partial charge >= 0.3 is 0 Å².